The first-order valence-electron chi connectivity index (χ1n) is 10.5. The van der Waals surface area contributed by atoms with E-state index in [0.717, 1.165) is 28.6 Å². The molecule has 1 atom stereocenters. The monoisotopic (exact) mass is 449 g/mol. The van der Waals surface area contributed by atoms with Gasteiger partial charge in [0, 0.05) is 12.0 Å². The summed E-state index contributed by atoms with van der Waals surface area (Å²) in [6.07, 6.45) is 0.210. The number of amides is 2. The second kappa shape index (κ2) is 9.56. The number of oxazole rings is 1. The normalized spacial score (nSPS) is 13.0. The van der Waals surface area contributed by atoms with E-state index in [1.54, 1.807) is 6.92 Å². The summed E-state index contributed by atoms with van der Waals surface area (Å²) >= 11 is 0. The molecule has 2 aromatic carbocycles. The van der Waals surface area contributed by atoms with Crippen LogP contribution in [0, 0.1) is 0 Å². The van der Waals surface area contributed by atoms with Gasteiger partial charge in [-0.3, -0.25) is 9.59 Å². The van der Waals surface area contributed by atoms with Crippen molar-refractivity contribution < 1.29 is 28.6 Å². The molecular formula is C24H23N3O6. The molecule has 1 heterocycles. The van der Waals surface area contributed by atoms with Crippen molar-refractivity contribution >= 4 is 18.0 Å². The van der Waals surface area contributed by atoms with Crippen LogP contribution in [-0.4, -0.2) is 40.7 Å². The van der Waals surface area contributed by atoms with Gasteiger partial charge in [-0.05, 0) is 29.2 Å². The van der Waals surface area contributed by atoms with Gasteiger partial charge in [-0.2, -0.15) is 0 Å². The Kier molecular flexibility index (Phi) is 6.39. The minimum Gasteiger partial charge on any atom is -0.481 e. The number of hydrogen-bond donors (Lipinski definition) is 3. The van der Waals surface area contributed by atoms with Gasteiger partial charge in [0.25, 0.3) is 5.91 Å². The Bertz CT molecular complexity index is 1140. The number of alkyl carbamates (subject to hydrolysis) is 1. The first-order valence-corrected chi connectivity index (χ1v) is 10.5. The number of carboxylic acids is 1. The van der Waals surface area contributed by atoms with Crippen LogP contribution in [0.2, 0.25) is 0 Å². The number of aliphatic carboxylic acids is 1. The number of aromatic nitrogens is 1. The number of rotatable bonds is 8. The molecule has 0 radical (unpaired) electrons. The molecule has 33 heavy (non-hydrogen) atoms. The highest BCUT2D eigenvalue weighted by atomic mass is 16.5. The van der Waals surface area contributed by atoms with E-state index in [-0.39, 0.29) is 36.9 Å². The van der Waals surface area contributed by atoms with Crippen LogP contribution in [0.3, 0.4) is 0 Å². The van der Waals surface area contributed by atoms with Crippen LogP contribution in [0.1, 0.15) is 46.6 Å². The van der Waals surface area contributed by atoms with Crippen molar-refractivity contribution in [3.8, 4) is 11.1 Å². The fraction of sp³-hybridized carbons (Fsp3) is 0.250. The second-order valence-electron chi connectivity index (χ2n) is 7.78. The van der Waals surface area contributed by atoms with Crippen LogP contribution in [0.15, 0.2) is 59.3 Å². The van der Waals surface area contributed by atoms with Gasteiger partial charge < -0.3 is 24.9 Å². The summed E-state index contributed by atoms with van der Waals surface area (Å²) < 4.78 is 10.7. The number of hydrogen-bond acceptors (Lipinski definition) is 6. The number of carbonyl (C=O) groups excluding carboxylic acids is 2. The first-order chi connectivity index (χ1) is 15.9. The molecule has 2 amide bonds. The zero-order valence-corrected chi connectivity index (χ0v) is 17.9. The SMILES string of the molecule is CC(CC(=O)O)NC(=O)c1ncoc1CNC(=O)OCC1c2ccccc2-c2ccccc21. The van der Waals surface area contributed by atoms with Crippen molar-refractivity contribution in [1.29, 1.82) is 0 Å². The molecule has 4 rings (SSSR count). The number of carboxylic acid groups (broad SMARTS) is 1. The van der Waals surface area contributed by atoms with E-state index in [9.17, 15) is 14.4 Å². The largest absolute Gasteiger partial charge is 0.481 e. The lowest BCUT2D eigenvalue weighted by Gasteiger charge is -2.14. The maximum atomic E-state index is 12.3. The average molecular weight is 449 g/mol. The zero-order chi connectivity index (χ0) is 23.4. The minimum absolute atomic E-state index is 0.0220. The zero-order valence-electron chi connectivity index (χ0n) is 17.9. The van der Waals surface area contributed by atoms with Gasteiger partial charge in [0.05, 0.1) is 13.0 Å². The third-order valence-corrected chi connectivity index (χ3v) is 5.45. The highest BCUT2D eigenvalue weighted by molar-refractivity contribution is 5.93. The third kappa shape index (κ3) is 4.87. The van der Waals surface area contributed by atoms with Crippen LogP contribution >= 0.6 is 0 Å². The molecule has 0 spiro atoms. The average Bonchev–Trinajstić information content (AvgIpc) is 3.38. The van der Waals surface area contributed by atoms with Gasteiger partial charge in [0.2, 0.25) is 0 Å². The van der Waals surface area contributed by atoms with Crippen molar-refractivity contribution in [3.63, 3.8) is 0 Å². The summed E-state index contributed by atoms with van der Waals surface area (Å²) in [5.41, 5.74) is 4.46. The Balaban J connectivity index is 1.34. The van der Waals surface area contributed by atoms with Crippen LogP contribution in [0.4, 0.5) is 4.79 Å². The Morgan fingerprint density at radius 2 is 1.73 bits per heavy atom. The molecule has 9 nitrogen and oxygen atoms in total. The van der Waals surface area contributed by atoms with Crippen molar-refractivity contribution in [1.82, 2.24) is 15.6 Å². The molecule has 0 saturated heterocycles. The van der Waals surface area contributed by atoms with E-state index in [2.05, 4.69) is 27.8 Å². The second-order valence-corrected chi connectivity index (χ2v) is 7.78. The Labute approximate surface area is 189 Å². The fourth-order valence-corrected chi connectivity index (χ4v) is 3.99. The molecule has 3 aromatic rings. The number of nitrogens with one attached hydrogen (secondary N) is 2. The van der Waals surface area contributed by atoms with Crippen LogP contribution < -0.4 is 10.6 Å². The summed E-state index contributed by atoms with van der Waals surface area (Å²) in [6, 6.07) is 15.5. The van der Waals surface area contributed by atoms with Crippen molar-refractivity contribution in [2.24, 2.45) is 0 Å². The molecule has 1 unspecified atom stereocenters. The molecule has 1 aliphatic carbocycles. The van der Waals surface area contributed by atoms with Gasteiger partial charge in [0.1, 0.15) is 6.61 Å². The van der Waals surface area contributed by atoms with E-state index < -0.39 is 24.0 Å². The Morgan fingerprint density at radius 3 is 2.36 bits per heavy atom. The first kappa shape index (κ1) is 22.1. The summed E-state index contributed by atoms with van der Waals surface area (Å²) in [7, 11) is 0. The van der Waals surface area contributed by atoms with Crippen molar-refractivity contribution in [3.05, 3.63) is 77.5 Å². The summed E-state index contributed by atoms with van der Waals surface area (Å²) in [6.45, 7) is 1.63. The summed E-state index contributed by atoms with van der Waals surface area (Å²) in [5.74, 6) is -1.53. The van der Waals surface area contributed by atoms with Crippen LogP contribution in [-0.2, 0) is 16.1 Å². The molecule has 0 fully saturated rings. The lowest BCUT2D eigenvalue weighted by molar-refractivity contribution is -0.137. The van der Waals surface area contributed by atoms with Gasteiger partial charge in [-0.1, -0.05) is 48.5 Å². The maximum Gasteiger partial charge on any atom is 0.407 e. The van der Waals surface area contributed by atoms with E-state index in [1.807, 2.05) is 36.4 Å². The lowest BCUT2D eigenvalue weighted by Crippen LogP contribution is -2.35. The Hall–Kier alpha value is -4.14. The van der Waals surface area contributed by atoms with Crippen molar-refractivity contribution in [2.75, 3.05) is 6.61 Å². The van der Waals surface area contributed by atoms with Gasteiger partial charge in [-0.25, -0.2) is 9.78 Å². The molecule has 0 aliphatic heterocycles. The number of ether oxygens (including phenoxy) is 1. The molecule has 0 bridgehead atoms. The summed E-state index contributed by atoms with van der Waals surface area (Å²) in [5, 5.41) is 13.9. The van der Waals surface area contributed by atoms with Gasteiger partial charge in [0.15, 0.2) is 17.8 Å². The number of nitrogens with zero attached hydrogens (tertiary/aromatic N) is 1. The highest BCUT2D eigenvalue weighted by Crippen LogP contribution is 2.44. The fourth-order valence-electron chi connectivity index (χ4n) is 3.99. The third-order valence-electron chi connectivity index (χ3n) is 5.45. The van der Waals surface area contributed by atoms with E-state index in [0.29, 0.717) is 0 Å². The molecule has 0 saturated carbocycles. The van der Waals surface area contributed by atoms with Gasteiger partial charge in [-0.15, -0.1) is 0 Å². The lowest BCUT2D eigenvalue weighted by atomic mass is 9.98. The summed E-state index contributed by atoms with van der Waals surface area (Å²) in [4.78, 5) is 39.3. The molecule has 1 aliphatic rings. The molecule has 9 heteroatoms. The number of carbonyl (C=O) groups is 3. The topological polar surface area (TPSA) is 131 Å². The van der Waals surface area contributed by atoms with Crippen LogP contribution in [0.5, 0.6) is 0 Å². The quantitative estimate of drug-likeness (QED) is 0.481. The number of benzene rings is 2. The maximum absolute atomic E-state index is 12.3. The molecule has 170 valence electrons. The molecule has 1 aromatic heterocycles. The highest BCUT2D eigenvalue weighted by Gasteiger charge is 2.29. The molecule has 3 N–H and O–H groups in total. The predicted molar refractivity (Wildman–Crippen MR) is 118 cm³/mol. The predicted octanol–water partition coefficient (Wildman–Crippen LogP) is 3.31. The smallest absolute Gasteiger partial charge is 0.407 e. The van der Waals surface area contributed by atoms with Crippen molar-refractivity contribution in [2.45, 2.75) is 31.8 Å². The van der Waals surface area contributed by atoms with Crippen LogP contribution in [0.25, 0.3) is 11.1 Å². The van der Waals surface area contributed by atoms with E-state index >= 15 is 0 Å². The van der Waals surface area contributed by atoms with E-state index in [4.69, 9.17) is 14.3 Å². The number of fused-ring (bicyclic) bond motifs is 3. The Morgan fingerprint density at radius 1 is 1.09 bits per heavy atom. The standard InChI is InChI=1S/C24H23N3O6/c1-14(10-21(28)29)27-23(30)22-20(33-13-26-22)11-25-24(31)32-12-19-17-8-4-2-6-15(17)16-7-3-5-9-18(16)19/h2-9,13-14,19H,10-12H2,1H3,(H,25,31)(H,27,30)(H,28,29). The molecular weight excluding hydrogens is 426 g/mol. The van der Waals surface area contributed by atoms with Gasteiger partial charge >= 0.3 is 12.1 Å². The minimum atomic E-state index is -1.03. The van der Waals surface area contributed by atoms with E-state index in [1.165, 1.54) is 0 Å².